The van der Waals surface area contributed by atoms with Crippen LogP contribution >= 0.6 is 22.6 Å². The third-order valence-electron chi connectivity index (χ3n) is 0.982. The number of halogens is 6. The van der Waals surface area contributed by atoms with Gasteiger partial charge >= 0.3 is 10.1 Å². The second kappa shape index (κ2) is 2.78. The van der Waals surface area contributed by atoms with Crippen molar-refractivity contribution < 1.29 is 22.0 Å². The first kappa shape index (κ1) is 10.4. The largest absolute Gasteiger partial charge is 0.398 e. The smallest absolute Gasteiger partial charge is 0.194 e. The fourth-order valence-corrected chi connectivity index (χ4v) is 0.539. The summed E-state index contributed by atoms with van der Waals surface area (Å²) in [6, 6.07) is 0. The Morgan fingerprint density at radius 1 is 1.10 bits per heavy atom. The molecule has 0 aliphatic rings. The van der Waals surface area contributed by atoms with Crippen molar-refractivity contribution in [1.82, 2.24) is 0 Å². The second-order valence-corrected chi connectivity index (χ2v) is 3.24. The topological polar surface area (TPSA) is 0 Å². The van der Waals surface area contributed by atoms with E-state index in [0.717, 1.165) is 0 Å². The Balaban J connectivity index is 4.23. The summed E-state index contributed by atoms with van der Waals surface area (Å²) in [5, 5.41) is 0. The molecule has 0 fully saturated rings. The Kier molecular flexibility index (Phi) is 2.89. The van der Waals surface area contributed by atoms with Crippen molar-refractivity contribution in [2.24, 2.45) is 5.92 Å². The third kappa shape index (κ3) is 2.98. The zero-order chi connectivity index (χ0) is 8.58. The monoisotopic (exact) mass is 274 g/mol. The Hall–Kier alpha value is 0.380. The van der Waals surface area contributed by atoms with Crippen molar-refractivity contribution in [3.05, 3.63) is 0 Å². The molecule has 0 spiro atoms. The molecular formula is C4H4F5I. The molecule has 0 radical (unpaired) electrons. The molecule has 6 heteroatoms. The summed E-state index contributed by atoms with van der Waals surface area (Å²) in [6.07, 6.45) is -4.81. The van der Waals surface area contributed by atoms with Gasteiger partial charge < -0.3 is 0 Å². The van der Waals surface area contributed by atoms with Crippen LogP contribution in [0.4, 0.5) is 22.0 Å². The number of alkyl halides is 6. The van der Waals surface area contributed by atoms with Crippen LogP contribution in [0.1, 0.15) is 6.92 Å². The molecule has 0 aromatic heterocycles. The van der Waals surface area contributed by atoms with Crippen LogP contribution in [0.5, 0.6) is 0 Å². The average molecular weight is 274 g/mol. The highest BCUT2D eigenvalue weighted by Gasteiger charge is 2.50. The zero-order valence-electron chi connectivity index (χ0n) is 4.85. The highest BCUT2D eigenvalue weighted by molar-refractivity contribution is 14.1. The van der Waals surface area contributed by atoms with Gasteiger partial charge in [-0.25, -0.2) is 0 Å². The van der Waals surface area contributed by atoms with Gasteiger partial charge in [0, 0.05) is 0 Å². The minimum atomic E-state index is -4.81. The molecule has 0 aliphatic heterocycles. The van der Waals surface area contributed by atoms with Gasteiger partial charge in [0.25, 0.3) is 0 Å². The molecule has 10 heavy (non-hydrogen) atoms. The molecular weight excluding hydrogens is 270 g/mol. The van der Waals surface area contributed by atoms with Crippen LogP contribution < -0.4 is 0 Å². The fraction of sp³-hybridized carbons (Fsp3) is 1.00. The molecule has 0 N–H and O–H groups in total. The molecule has 0 nitrogen and oxygen atoms in total. The van der Waals surface area contributed by atoms with E-state index in [-0.39, 0.29) is 0 Å². The lowest BCUT2D eigenvalue weighted by Gasteiger charge is -2.19. The Bertz CT molecular complexity index is 97.8. The summed E-state index contributed by atoms with van der Waals surface area (Å²) in [7, 11) is 0. The minimum absolute atomic E-state index is 0.451. The molecule has 0 bridgehead atoms. The maximum absolute atomic E-state index is 11.9. The molecule has 62 valence electrons. The molecule has 0 rings (SSSR count). The van der Waals surface area contributed by atoms with Crippen LogP contribution in [0, 0.1) is 5.92 Å². The van der Waals surface area contributed by atoms with Crippen molar-refractivity contribution in [1.29, 1.82) is 0 Å². The van der Waals surface area contributed by atoms with Gasteiger partial charge in [-0.05, 0) is 29.5 Å². The maximum atomic E-state index is 11.9. The van der Waals surface area contributed by atoms with Crippen molar-refractivity contribution in [3.63, 3.8) is 0 Å². The van der Waals surface area contributed by atoms with Crippen LogP contribution in [0.3, 0.4) is 0 Å². The highest BCUT2D eigenvalue weighted by atomic mass is 127. The summed E-state index contributed by atoms with van der Waals surface area (Å²) in [4.78, 5) is 0. The van der Waals surface area contributed by atoms with Crippen LogP contribution in [-0.2, 0) is 0 Å². The average Bonchev–Trinajstić information content (AvgIpc) is 1.59. The van der Waals surface area contributed by atoms with E-state index in [0.29, 0.717) is 29.5 Å². The molecule has 0 aromatic carbocycles. The van der Waals surface area contributed by atoms with Crippen molar-refractivity contribution >= 4 is 22.6 Å². The van der Waals surface area contributed by atoms with E-state index in [9.17, 15) is 22.0 Å². The van der Waals surface area contributed by atoms with Gasteiger partial charge in [-0.15, -0.1) is 0 Å². The molecule has 0 saturated heterocycles. The van der Waals surface area contributed by atoms with E-state index in [4.69, 9.17) is 0 Å². The first-order valence-electron chi connectivity index (χ1n) is 2.29. The molecule has 1 atom stereocenters. The summed E-state index contributed by atoms with van der Waals surface area (Å²) in [5.41, 5.74) is 0. The third-order valence-corrected chi connectivity index (χ3v) is 1.92. The van der Waals surface area contributed by atoms with Crippen molar-refractivity contribution in [3.8, 4) is 0 Å². The molecule has 1 unspecified atom stereocenters. The standard InChI is InChI=1S/C4H4F5I/c1-2(3(5,6)7)4(8,9)10/h2H,1H3. The Labute approximate surface area is 67.9 Å². The molecule has 0 amide bonds. The number of rotatable bonds is 1. The van der Waals surface area contributed by atoms with Gasteiger partial charge in [-0.2, -0.15) is 22.0 Å². The van der Waals surface area contributed by atoms with Crippen LogP contribution in [0.15, 0.2) is 0 Å². The van der Waals surface area contributed by atoms with Crippen molar-refractivity contribution in [2.75, 3.05) is 0 Å². The van der Waals surface area contributed by atoms with Crippen molar-refractivity contribution in [2.45, 2.75) is 17.0 Å². The van der Waals surface area contributed by atoms with E-state index in [1.165, 1.54) is 0 Å². The van der Waals surface area contributed by atoms with Crippen LogP contribution in [0.25, 0.3) is 0 Å². The zero-order valence-corrected chi connectivity index (χ0v) is 7.00. The van der Waals surface area contributed by atoms with E-state index in [2.05, 4.69) is 0 Å². The van der Waals surface area contributed by atoms with E-state index >= 15 is 0 Å². The lowest BCUT2D eigenvalue weighted by atomic mass is 10.2. The molecule has 0 aliphatic carbocycles. The highest BCUT2D eigenvalue weighted by Crippen LogP contribution is 2.41. The second-order valence-electron chi connectivity index (χ2n) is 1.80. The lowest BCUT2D eigenvalue weighted by molar-refractivity contribution is -0.204. The fourth-order valence-electron chi connectivity index (χ4n) is 0.186. The van der Waals surface area contributed by atoms with E-state index in [1.54, 1.807) is 0 Å². The number of hydrogen-bond acceptors (Lipinski definition) is 0. The van der Waals surface area contributed by atoms with Crippen LogP contribution in [-0.4, -0.2) is 10.1 Å². The van der Waals surface area contributed by atoms with Gasteiger partial charge in [0.1, 0.15) is 5.92 Å². The van der Waals surface area contributed by atoms with Gasteiger partial charge in [-0.3, -0.25) is 0 Å². The lowest BCUT2D eigenvalue weighted by Crippen LogP contribution is -2.32. The Morgan fingerprint density at radius 2 is 1.40 bits per heavy atom. The normalized spacial score (nSPS) is 17.1. The molecule has 0 heterocycles. The van der Waals surface area contributed by atoms with Gasteiger partial charge in [0.15, 0.2) is 0 Å². The first-order chi connectivity index (χ1) is 4.15. The van der Waals surface area contributed by atoms with Gasteiger partial charge in [0.2, 0.25) is 0 Å². The van der Waals surface area contributed by atoms with Gasteiger partial charge in [0.05, 0.1) is 0 Å². The quantitative estimate of drug-likeness (QED) is 0.391. The SMILES string of the molecule is CC(C(F)(F)F)C(F)(F)I. The Morgan fingerprint density at radius 3 is 1.40 bits per heavy atom. The minimum Gasteiger partial charge on any atom is -0.194 e. The summed E-state index contributed by atoms with van der Waals surface area (Å²) in [5.74, 6) is -2.58. The number of hydrogen-bond donors (Lipinski definition) is 0. The summed E-state index contributed by atoms with van der Waals surface area (Å²) < 4.78 is 54.4. The van der Waals surface area contributed by atoms with E-state index < -0.39 is 16.0 Å². The van der Waals surface area contributed by atoms with Gasteiger partial charge in [-0.1, -0.05) is 0 Å². The first-order valence-corrected chi connectivity index (χ1v) is 3.37. The maximum Gasteiger partial charge on any atom is 0.398 e. The van der Waals surface area contributed by atoms with Crippen LogP contribution in [0.2, 0.25) is 0 Å². The summed E-state index contributed by atoms with van der Waals surface area (Å²) >= 11 is 0.475. The molecule has 0 saturated carbocycles. The molecule has 0 aromatic rings. The predicted octanol–water partition coefficient (Wildman–Crippen LogP) is 3.21. The van der Waals surface area contributed by atoms with E-state index in [1.807, 2.05) is 0 Å². The predicted molar refractivity (Wildman–Crippen MR) is 34.2 cm³/mol. The summed E-state index contributed by atoms with van der Waals surface area (Å²) in [6.45, 7) is 0.451.